The quantitative estimate of drug-likeness (QED) is 0.797. The summed E-state index contributed by atoms with van der Waals surface area (Å²) in [5.74, 6) is -0.101. The first-order valence-corrected chi connectivity index (χ1v) is 7.88. The summed E-state index contributed by atoms with van der Waals surface area (Å²) < 4.78 is 0. The highest BCUT2D eigenvalue weighted by Crippen LogP contribution is 2.43. The summed E-state index contributed by atoms with van der Waals surface area (Å²) in [4.78, 5) is 28.2. The van der Waals surface area contributed by atoms with E-state index in [0.717, 1.165) is 38.8 Å². The number of nitrogens with zero attached hydrogens (tertiary/aromatic N) is 3. The second kappa shape index (κ2) is 5.64. The lowest BCUT2D eigenvalue weighted by Gasteiger charge is -2.23. The molecule has 2 N–H and O–H groups in total. The zero-order valence-electron chi connectivity index (χ0n) is 12.2. The molecule has 6 heteroatoms. The molecule has 0 bridgehead atoms. The summed E-state index contributed by atoms with van der Waals surface area (Å²) in [6.07, 6.45) is 4.46. The van der Waals surface area contributed by atoms with Crippen molar-refractivity contribution in [2.75, 3.05) is 19.6 Å². The SMILES string of the molecule is N#CC1CCCN1C(=O)[C@@H](N)[C@H]1C[C@@H]1C(=O)N1CCCC1. The van der Waals surface area contributed by atoms with Gasteiger partial charge in [-0.25, -0.2) is 0 Å². The van der Waals surface area contributed by atoms with Gasteiger partial charge >= 0.3 is 0 Å². The lowest BCUT2D eigenvalue weighted by Crippen LogP contribution is -2.47. The molecule has 6 nitrogen and oxygen atoms in total. The molecule has 21 heavy (non-hydrogen) atoms. The van der Waals surface area contributed by atoms with Crippen molar-refractivity contribution in [2.24, 2.45) is 17.6 Å². The van der Waals surface area contributed by atoms with Crippen LogP contribution in [0.25, 0.3) is 0 Å². The van der Waals surface area contributed by atoms with Gasteiger partial charge in [0.05, 0.1) is 12.1 Å². The van der Waals surface area contributed by atoms with Crippen molar-refractivity contribution in [3.8, 4) is 6.07 Å². The third kappa shape index (κ3) is 2.62. The smallest absolute Gasteiger partial charge is 0.240 e. The fraction of sp³-hybridized carbons (Fsp3) is 0.800. The predicted octanol–water partition coefficient (Wildman–Crippen LogP) is 0.0868. The van der Waals surface area contributed by atoms with Crippen LogP contribution in [-0.2, 0) is 9.59 Å². The molecular weight excluding hydrogens is 268 g/mol. The zero-order valence-corrected chi connectivity index (χ0v) is 12.2. The normalized spacial score (nSPS) is 32.9. The van der Waals surface area contributed by atoms with Crippen LogP contribution >= 0.6 is 0 Å². The van der Waals surface area contributed by atoms with Gasteiger partial charge in [-0.2, -0.15) is 5.26 Å². The van der Waals surface area contributed by atoms with Gasteiger partial charge in [0.25, 0.3) is 0 Å². The molecule has 1 saturated carbocycles. The Morgan fingerprint density at radius 2 is 1.90 bits per heavy atom. The van der Waals surface area contributed by atoms with E-state index >= 15 is 0 Å². The van der Waals surface area contributed by atoms with E-state index in [1.807, 2.05) is 4.90 Å². The van der Waals surface area contributed by atoms with Crippen molar-refractivity contribution in [3.05, 3.63) is 0 Å². The molecule has 4 atom stereocenters. The highest BCUT2D eigenvalue weighted by molar-refractivity contribution is 5.87. The minimum atomic E-state index is -0.629. The van der Waals surface area contributed by atoms with E-state index in [9.17, 15) is 9.59 Å². The van der Waals surface area contributed by atoms with Gasteiger partial charge in [0, 0.05) is 25.6 Å². The van der Waals surface area contributed by atoms with Gasteiger partial charge in [-0.3, -0.25) is 9.59 Å². The average Bonchev–Trinajstić information content (AvgIpc) is 2.94. The number of carbonyl (C=O) groups excluding carboxylic acids is 2. The number of hydrogen-bond acceptors (Lipinski definition) is 4. The Labute approximate surface area is 124 Å². The molecular formula is C15H22N4O2. The van der Waals surface area contributed by atoms with E-state index in [4.69, 9.17) is 11.0 Å². The Balaban J connectivity index is 1.57. The molecule has 114 valence electrons. The van der Waals surface area contributed by atoms with E-state index < -0.39 is 6.04 Å². The molecule has 0 aromatic rings. The first kappa shape index (κ1) is 14.3. The number of nitriles is 1. The number of hydrogen-bond donors (Lipinski definition) is 1. The van der Waals surface area contributed by atoms with Crippen LogP contribution in [0.15, 0.2) is 0 Å². The van der Waals surface area contributed by atoms with Crippen molar-refractivity contribution in [1.82, 2.24) is 9.80 Å². The Hall–Kier alpha value is -1.61. The molecule has 2 amide bonds. The number of rotatable bonds is 3. The van der Waals surface area contributed by atoms with Gasteiger partial charge in [0.15, 0.2) is 0 Å². The molecule has 0 spiro atoms. The molecule has 2 heterocycles. The van der Waals surface area contributed by atoms with Crippen LogP contribution in [-0.4, -0.2) is 53.3 Å². The first-order valence-electron chi connectivity index (χ1n) is 7.88. The third-order valence-electron chi connectivity index (χ3n) is 5.01. The molecule has 3 fully saturated rings. The van der Waals surface area contributed by atoms with E-state index in [1.54, 1.807) is 4.90 Å². The van der Waals surface area contributed by atoms with Crippen molar-refractivity contribution in [2.45, 2.75) is 44.2 Å². The minimum Gasteiger partial charge on any atom is -0.342 e. The maximum atomic E-state index is 12.4. The van der Waals surface area contributed by atoms with Crippen LogP contribution in [0, 0.1) is 23.2 Å². The maximum Gasteiger partial charge on any atom is 0.240 e. The first-order chi connectivity index (χ1) is 10.1. The summed E-state index contributed by atoms with van der Waals surface area (Å²) in [6.45, 7) is 2.30. The van der Waals surface area contributed by atoms with Crippen LogP contribution in [0.1, 0.15) is 32.1 Å². The minimum absolute atomic E-state index is 0.0365. The maximum absolute atomic E-state index is 12.4. The fourth-order valence-corrected chi connectivity index (χ4v) is 3.61. The van der Waals surface area contributed by atoms with Crippen molar-refractivity contribution >= 4 is 11.8 Å². The summed E-state index contributed by atoms with van der Waals surface area (Å²) in [5.41, 5.74) is 6.07. The second-order valence-electron chi connectivity index (χ2n) is 6.38. The lowest BCUT2D eigenvalue weighted by atomic mass is 10.1. The predicted molar refractivity (Wildman–Crippen MR) is 75.7 cm³/mol. The van der Waals surface area contributed by atoms with Crippen LogP contribution in [0.3, 0.4) is 0 Å². The van der Waals surface area contributed by atoms with E-state index in [-0.39, 0.29) is 29.7 Å². The number of likely N-dealkylation sites (tertiary alicyclic amines) is 2. The summed E-state index contributed by atoms with van der Waals surface area (Å²) >= 11 is 0. The highest BCUT2D eigenvalue weighted by atomic mass is 16.2. The summed E-state index contributed by atoms with van der Waals surface area (Å²) in [6, 6.07) is 1.20. The van der Waals surface area contributed by atoms with Gasteiger partial charge in [0.2, 0.25) is 11.8 Å². The van der Waals surface area contributed by atoms with Gasteiger partial charge < -0.3 is 15.5 Å². The van der Waals surface area contributed by atoms with Gasteiger partial charge in [-0.1, -0.05) is 0 Å². The van der Waals surface area contributed by atoms with Gasteiger partial charge in [0.1, 0.15) is 6.04 Å². The molecule has 0 aromatic heterocycles. The Bertz CT molecular complexity index is 481. The largest absolute Gasteiger partial charge is 0.342 e. The van der Waals surface area contributed by atoms with Crippen molar-refractivity contribution < 1.29 is 9.59 Å². The molecule has 3 rings (SSSR count). The molecule has 1 unspecified atom stereocenters. The van der Waals surface area contributed by atoms with Gasteiger partial charge in [-0.05, 0) is 38.0 Å². The third-order valence-corrected chi connectivity index (χ3v) is 5.01. The monoisotopic (exact) mass is 290 g/mol. The molecule has 3 aliphatic rings. The molecule has 2 saturated heterocycles. The highest BCUT2D eigenvalue weighted by Gasteiger charge is 2.51. The van der Waals surface area contributed by atoms with E-state index in [0.29, 0.717) is 13.0 Å². The number of nitrogens with two attached hydrogens (primary N) is 1. The van der Waals surface area contributed by atoms with E-state index in [1.165, 1.54) is 0 Å². The Morgan fingerprint density at radius 1 is 1.19 bits per heavy atom. The van der Waals surface area contributed by atoms with Crippen LogP contribution in [0.4, 0.5) is 0 Å². The molecule has 2 aliphatic heterocycles. The van der Waals surface area contributed by atoms with Crippen LogP contribution in [0.5, 0.6) is 0 Å². The second-order valence-corrected chi connectivity index (χ2v) is 6.38. The average molecular weight is 290 g/mol. The van der Waals surface area contributed by atoms with Crippen LogP contribution < -0.4 is 5.73 Å². The summed E-state index contributed by atoms with van der Waals surface area (Å²) in [5, 5.41) is 9.06. The fourth-order valence-electron chi connectivity index (χ4n) is 3.61. The molecule has 1 aliphatic carbocycles. The molecule has 0 radical (unpaired) electrons. The topological polar surface area (TPSA) is 90.4 Å². The van der Waals surface area contributed by atoms with Crippen molar-refractivity contribution in [3.63, 3.8) is 0 Å². The van der Waals surface area contributed by atoms with Crippen molar-refractivity contribution in [1.29, 1.82) is 5.26 Å². The van der Waals surface area contributed by atoms with Gasteiger partial charge in [-0.15, -0.1) is 0 Å². The number of carbonyl (C=O) groups is 2. The lowest BCUT2D eigenvalue weighted by molar-refractivity contribution is -0.134. The Kier molecular flexibility index (Phi) is 3.85. The molecule has 0 aromatic carbocycles. The van der Waals surface area contributed by atoms with Crippen LogP contribution in [0.2, 0.25) is 0 Å². The number of amides is 2. The van der Waals surface area contributed by atoms with E-state index in [2.05, 4.69) is 6.07 Å². The Morgan fingerprint density at radius 3 is 2.57 bits per heavy atom. The summed E-state index contributed by atoms with van der Waals surface area (Å²) in [7, 11) is 0. The standard InChI is InChI=1S/C15H22N4O2/c16-9-10-4-3-7-19(10)15(21)13(17)11-8-12(11)14(20)18-5-1-2-6-18/h10-13H,1-8,17H2/t10?,11-,12-,13-/m0/s1. The zero-order chi connectivity index (χ0) is 15.0.